The van der Waals surface area contributed by atoms with Crippen LogP contribution in [0.5, 0.6) is 0 Å². The average Bonchev–Trinajstić information content (AvgIpc) is 2.68. The molecule has 2 aliphatic rings. The van der Waals surface area contributed by atoms with Crippen molar-refractivity contribution in [1.29, 1.82) is 0 Å². The minimum Gasteiger partial charge on any atom is -0.324 e. The Bertz CT molecular complexity index is 872. The largest absolute Gasteiger partial charge is 0.324 e. The summed E-state index contributed by atoms with van der Waals surface area (Å²) in [7, 11) is 0. The Morgan fingerprint density at radius 1 is 1.14 bits per heavy atom. The van der Waals surface area contributed by atoms with Crippen LogP contribution >= 0.6 is 0 Å². The van der Waals surface area contributed by atoms with Crippen LogP contribution in [-0.4, -0.2) is 41.5 Å². The number of hydrogen-bond acceptors (Lipinski definition) is 2. The number of halogens is 1. The second-order valence-electron chi connectivity index (χ2n) is 8.87. The van der Waals surface area contributed by atoms with E-state index in [0.717, 1.165) is 32.5 Å². The normalized spacial score (nSPS) is 21.3. The third kappa shape index (κ3) is 3.88. The van der Waals surface area contributed by atoms with E-state index >= 15 is 0 Å². The van der Waals surface area contributed by atoms with E-state index in [-0.39, 0.29) is 17.3 Å². The molecular weight excluding hydrogens is 365 g/mol. The maximum absolute atomic E-state index is 13.4. The molecule has 1 spiro atoms. The van der Waals surface area contributed by atoms with Gasteiger partial charge in [-0.3, -0.25) is 4.90 Å². The van der Waals surface area contributed by atoms with Crippen LogP contribution in [0.15, 0.2) is 48.5 Å². The first-order valence-corrected chi connectivity index (χ1v) is 10.5. The van der Waals surface area contributed by atoms with Crippen molar-refractivity contribution in [3.05, 3.63) is 65.5 Å². The first-order chi connectivity index (χ1) is 13.9. The summed E-state index contributed by atoms with van der Waals surface area (Å²) in [4.78, 5) is 17.1. The number of aryl methyl sites for hydroxylation is 1. The van der Waals surface area contributed by atoms with Gasteiger partial charge in [0.1, 0.15) is 5.82 Å². The van der Waals surface area contributed by atoms with E-state index < -0.39 is 0 Å². The summed E-state index contributed by atoms with van der Waals surface area (Å²) in [5.41, 5.74) is 3.40. The maximum atomic E-state index is 13.4. The van der Waals surface area contributed by atoms with Crippen molar-refractivity contribution in [2.45, 2.75) is 45.7 Å². The number of nitrogens with one attached hydrogen (secondary N) is 1. The number of likely N-dealkylation sites (tertiary alicyclic amines) is 2. The Labute approximate surface area is 172 Å². The molecule has 2 amide bonds. The van der Waals surface area contributed by atoms with Crippen LogP contribution in [0.1, 0.15) is 43.9 Å². The number of hydrogen-bond donors (Lipinski definition) is 1. The molecule has 2 saturated heterocycles. The summed E-state index contributed by atoms with van der Waals surface area (Å²) < 4.78 is 13.4. The molecule has 2 aromatic rings. The number of benzene rings is 2. The highest BCUT2D eigenvalue weighted by molar-refractivity contribution is 5.89. The first-order valence-electron chi connectivity index (χ1n) is 10.5. The second kappa shape index (κ2) is 7.79. The van der Waals surface area contributed by atoms with Gasteiger partial charge in [-0.25, -0.2) is 9.18 Å². The van der Waals surface area contributed by atoms with Gasteiger partial charge in [0.05, 0.1) is 0 Å². The molecule has 0 aromatic heterocycles. The SMILES string of the molecule is Cc1ccc(C2N(C(C)C)CC23CCN(C(=O)Nc2cccc(F)c2)CC3)cc1. The third-order valence-electron chi connectivity index (χ3n) is 6.59. The summed E-state index contributed by atoms with van der Waals surface area (Å²) in [5.74, 6) is -0.343. The lowest BCUT2D eigenvalue weighted by atomic mass is 9.62. The predicted molar refractivity (Wildman–Crippen MR) is 114 cm³/mol. The third-order valence-corrected chi connectivity index (χ3v) is 6.59. The van der Waals surface area contributed by atoms with Crippen molar-refractivity contribution < 1.29 is 9.18 Å². The monoisotopic (exact) mass is 395 g/mol. The molecule has 29 heavy (non-hydrogen) atoms. The van der Waals surface area contributed by atoms with Crippen molar-refractivity contribution in [1.82, 2.24) is 9.80 Å². The summed E-state index contributed by atoms with van der Waals surface area (Å²) >= 11 is 0. The van der Waals surface area contributed by atoms with Gasteiger partial charge in [-0.2, -0.15) is 0 Å². The number of amides is 2. The molecule has 1 N–H and O–H groups in total. The van der Waals surface area contributed by atoms with Gasteiger partial charge in [0, 0.05) is 42.8 Å². The van der Waals surface area contributed by atoms with Crippen molar-refractivity contribution in [2.24, 2.45) is 5.41 Å². The number of rotatable bonds is 3. The van der Waals surface area contributed by atoms with E-state index in [9.17, 15) is 9.18 Å². The molecule has 154 valence electrons. The van der Waals surface area contributed by atoms with E-state index in [1.54, 1.807) is 12.1 Å². The molecule has 4 nitrogen and oxygen atoms in total. The van der Waals surface area contributed by atoms with E-state index in [1.165, 1.54) is 23.3 Å². The molecule has 0 radical (unpaired) electrons. The van der Waals surface area contributed by atoms with Crippen molar-refractivity contribution in [3.63, 3.8) is 0 Å². The number of piperidine rings is 1. The van der Waals surface area contributed by atoms with Gasteiger partial charge in [0.15, 0.2) is 0 Å². The number of carbonyl (C=O) groups excluding carboxylic acids is 1. The van der Waals surface area contributed by atoms with Crippen LogP contribution in [0, 0.1) is 18.2 Å². The van der Waals surface area contributed by atoms with Gasteiger partial charge in [0.2, 0.25) is 0 Å². The molecule has 2 fully saturated rings. The van der Waals surface area contributed by atoms with Crippen LogP contribution in [0.25, 0.3) is 0 Å². The molecule has 2 heterocycles. The minimum atomic E-state index is -0.343. The van der Waals surface area contributed by atoms with Crippen LogP contribution in [0.2, 0.25) is 0 Å². The Balaban J connectivity index is 1.44. The zero-order valence-corrected chi connectivity index (χ0v) is 17.5. The topological polar surface area (TPSA) is 35.6 Å². The molecule has 0 aliphatic carbocycles. The summed E-state index contributed by atoms with van der Waals surface area (Å²) in [6.45, 7) is 9.19. The highest BCUT2D eigenvalue weighted by Gasteiger charge is 2.54. The summed E-state index contributed by atoms with van der Waals surface area (Å²) in [6, 6.07) is 15.7. The molecule has 2 aromatic carbocycles. The highest BCUT2D eigenvalue weighted by Crippen LogP contribution is 2.55. The fourth-order valence-electron chi connectivity index (χ4n) is 4.91. The number of nitrogens with zero attached hydrogens (tertiary/aromatic N) is 2. The van der Waals surface area contributed by atoms with Crippen molar-refractivity contribution in [2.75, 3.05) is 25.0 Å². The van der Waals surface area contributed by atoms with E-state index in [1.807, 2.05) is 4.90 Å². The second-order valence-corrected chi connectivity index (χ2v) is 8.87. The molecule has 2 aliphatic heterocycles. The molecular formula is C24H30FN3O. The fourth-order valence-corrected chi connectivity index (χ4v) is 4.91. The van der Waals surface area contributed by atoms with Crippen molar-refractivity contribution >= 4 is 11.7 Å². The lowest BCUT2D eigenvalue weighted by Gasteiger charge is -2.62. The molecule has 0 saturated carbocycles. The molecule has 1 unspecified atom stereocenters. The van der Waals surface area contributed by atoms with Gasteiger partial charge in [0.25, 0.3) is 0 Å². The van der Waals surface area contributed by atoms with Gasteiger partial charge in [-0.05, 0) is 57.4 Å². The average molecular weight is 396 g/mol. The molecule has 4 rings (SSSR count). The van der Waals surface area contributed by atoms with Gasteiger partial charge in [-0.1, -0.05) is 35.9 Å². The Kier molecular flexibility index (Phi) is 5.34. The van der Waals surface area contributed by atoms with Crippen LogP contribution in [0.3, 0.4) is 0 Å². The van der Waals surface area contributed by atoms with Crippen LogP contribution in [-0.2, 0) is 0 Å². The van der Waals surface area contributed by atoms with E-state index in [4.69, 9.17) is 0 Å². The quantitative estimate of drug-likeness (QED) is 0.774. The van der Waals surface area contributed by atoms with E-state index in [0.29, 0.717) is 17.8 Å². The zero-order chi connectivity index (χ0) is 20.6. The van der Waals surface area contributed by atoms with Crippen LogP contribution in [0.4, 0.5) is 14.9 Å². The lowest BCUT2D eigenvalue weighted by molar-refractivity contribution is -0.123. The highest BCUT2D eigenvalue weighted by atomic mass is 19.1. The van der Waals surface area contributed by atoms with Gasteiger partial charge >= 0.3 is 6.03 Å². The fraction of sp³-hybridized carbons (Fsp3) is 0.458. The Morgan fingerprint density at radius 3 is 2.45 bits per heavy atom. The summed E-state index contributed by atoms with van der Waals surface area (Å²) in [6.07, 6.45) is 1.98. The maximum Gasteiger partial charge on any atom is 0.321 e. The first kappa shape index (κ1) is 19.9. The standard InChI is InChI=1S/C24H30FN3O/c1-17(2)28-16-24(22(28)19-9-7-18(3)8-10-19)11-13-27(14-12-24)23(29)26-21-6-4-5-20(25)15-21/h4-10,15,17,22H,11-14,16H2,1-3H3,(H,26,29). The lowest BCUT2D eigenvalue weighted by Crippen LogP contribution is -2.64. The zero-order valence-electron chi connectivity index (χ0n) is 17.5. The van der Waals surface area contributed by atoms with Gasteiger partial charge < -0.3 is 10.2 Å². The smallest absolute Gasteiger partial charge is 0.321 e. The van der Waals surface area contributed by atoms with Gasteiger partial charge in [-0.15, -0.1) is 0 Å². The summed E-state index contributed by atoms with van der Waals surface area (Å²) in [5, 5.41) is 2.83. The van der Waals surface area contributed by atoms with Crippen molar-refractivity contribution in [3.8, 4) is 0 Å². The molecule has 5 heteroatoms. The molecule has 0 bridgehead atoms. The van der Waals surface area contributed by atoms with E-state index in [2.05, 4.69) is 55.3 Å². The molecule has 1 atom stereocenters. The number of urea groups is 1. The minimum absolute atomic E-state index is 0.141. The Hall–Kier alpha value is -2.40. The van der Waals surface area contributed by atoms with Crippen LogP contribution < -0.4 is 5.32 Å². The Morgan fingerprint density at radius 2 is 1.83 bits per heavy atom. The number of anilines is 1. The number of carbonyl (C=O) groups is 1. The predicted octanol–water partition coefficient (Wildman–Crippen LogP) is 5.21.